The average Bonchev–Trinajstić information content (AvgIpc) is 3.13. The molecule has 3 nitrogen and oxygen atoms in total. The third kappa shape index (κ3) is 4.25. The van der Waals surface area contributed by atoms with Gasteiger partial charge in [0.25, 0.3) is 0 Å². The summed E-state index contributed by atoms with van der Waals surface area (Å²) >= 11 is 0. The number of aromatic nitrogens is 2. The molecule has 0 atom stereocenters. The van der Waals surface area contributed by atoms with Crippen LogP contribution in [-0.2, 0) is 6.54 Å². The van der Waals surface area contributed by atoms with E-state index in [1.165, 1.54) is 30.4 Å². The zero-order chi connectivity index (χ0) is 16.6. The number of anilines is 1. The molecular formula is C21H25N3. The highest BCUT2D eigenvalue weighted by atomic mass is 15.3. The molecule has 0 radical (unpaired) electrons. The van der Waals surface area contributed by atoms with Crippen molar-refractivity contribution in [3.8, 4) is 11.3 Å². The van der Waals surface area contributed by atoms with Gasteiger partial charge < -0.3 is 9.88 Å². The molecule has 24 heavy (non-hydrogen) atoms. The van der Waals surface area contributed by atoms with Gasteiger partial charge in [-0.05, 0) is 17.5 Å². The van der Waals surface area contributed by atoms with Crippen molar-refractivity contribution in [1.29, 1.82) is 0 Å². The zero-order valence-electron chi connectivity index (χ0n) is 14.3. The Morgan fingerprint density at radius 1 is 0.917 bits per heavy atom. The van der Waals surface area contributed by atoms with E-state index in [4.69, 9.17) is 0 Å². The standard InChI is InChI=1S/C21H25N3/c1-2-3-10-15-24(17-18-11-6-4-7-12-18)21-22-16-20(23-21)19-13-8-5-9-14-19/h4-9,11-14,16H,2-3,10,15,17H2,1H3,(H,22,23). The lowest BCUT2D eigenvalue weighted by molar-refractivity contribution is 0.665. The van der Waals surface area contributed by atoms with Crippen molar-refractivity contribution in [3.63, 3.8) is 0 Å². The first-order chi connectivity index (χ1) is 11.9. The molecule has 0 aliphatic heterocycles. The van der Waals surface area contributed by atoms with E-state index < -0.39 is 0 Å². The number of nitrogens with one attached hydrogen (secondary N) is 1. The van der Waals surface area contributed by atoms with Crippen LogP contribution in [0.2, 0.25) is 0 Å². The number of aromatic amines is 1. The molecule has 0 spiro atoms. The second kappa shape index (κ2) is 8.34. The number of imidazole rings is 1. The highest BCUT2D eigenvalue weighted by Gasteiger charge is 2.11. The number of nitrogens with zero attached hydrogens (tertiary/aromatic N) is 2. The molecule has 1 N–H and O–H groups in total. The monoisotopic (exact) mass is 319 g/mol. The van der Waals surface area contributed by atoms with Gasteiger partial charge in [-0.25, -0.2) is 4.98 Å². The van der Waals surface area contributed by atoms with Crippen LogP contribution in [0, 0.1) is 0 Å². The third-order valence-corrected chi connectivity index (χ3v) is 4.19. The maximum Gasteiger partial charge on any atom is 0.203 e. The third-order valence-electron chi connectivity index (χ3n) is 4.19. The first kappa shape index (κ1) is 16.3. The van der Waals surface area contributed by atoms with Crippen molar-refractivity contribution >= 4 is 5.95 Å². The van der Waals surface area contributed by atoms with E-state index in [2.05, 4.69) is 76.4 Å². The Kier molecular flexibility index (Phi) is 5.67. The summed E-state index contributed by atoms with van der Waals surface area (Å²) in [4.78, 5) is 10.5. The number of benzene rings is 2. The first-order valence-corrected chi connectivity index (χ1v) is 8.76. The highest BCUT2D eigenvalue weighted by molar-refractivity contribution is 5.60. The summed E-state index contributed by atoms with van der Waals surface area (Å²) in [6, 6.07) is 21.0. The van der Waals surface area contributed by atoms with Crippen LogP contribution in [-0.4, -0.2) is 16.5 Å². The summed E-state index contributed by atoms with van der Waals surface area (Å²) < 4.78 is 0. The smallest absolute Gasteiger partial charge is 0.203 e. The van der Waals surface area contributed by atoms with Crippen LogP contribution in [0.15, 0.2) is 66.9 Å². The van der Waals surface area contributed by atoms with Gasteiger partial charge in [-0.3, -0.25) is 0 Å². The fraction of sp³-hybridized carbons (Fsp3) is 0.286. The SMILES string of the molecule is CCCCCN(Cc1ccccc1)c1ncc(-c2ccccc2)[nH]1. The van der Waals surface area contributed by atoms with E-state index in [0.29, 0.717) is 0 Å². The van der Waals surface area contributed by atoms with Crippen molar-refractivity contribution in [1.82, 2.24) is 9.97 Å². The van der Waals surface area contributed by atoms with Crippen LogP contribution in [0.4, 0.5) is 5.95 Å². The maximum atomic E-state index is 4.64. The van der Waals surface area contributed by atoms with Gasteiger partial charge in [-0.1, -0.05) is 80.4 Å². The summed E-state index contributed by atoms with van der Waals surface area (Å²) in [6.45, 7) is 4.14. The van der Waals surface area contributed by atoms with E-state index in [1.54, 1.807) is 0 Å². The molecule has 0 saturated carbocycles. The summed E-state index contributed by atoms with van der Waals surface area (Å²) in [6.07, 6.45) is 5.59. The lowest BCUT2D eigenvalue weighted by atomic mass is 10.2. The number of rotatable bonds is 8. The predicted octanol–water partition coefficient (Wildman–Crippen LogP) is 5.27. The first-order valence-electron chi connectivity index (χ1n) is 8.76. The minimum Gasteiger partial charge on any atom is -0.338 e. The van der Waals surface area contributed by atoms with Crippen LogP contribution in [0.1, 0.15) is 31.7 Å². The molecule has 0 aliphatic rings. The Hall–Kier alpha value is -2.55. The van der Waals surface area contributed by atoms with E-state index >= 15 is 0 Å². The van der Waals surface area contributed by atoms with Gasteiger partial charge in [0.2, 0.25) is 5.95 Å². The molecule has 0 bridgehead atoms. The average molecular weight is 319 g/mol. The maximum absolute atomic E-state index is 4.64. The highest BCUT2D eigenvalue weighted by Crippen LogP contribution is 2.21. The molecule has 1 aromatic heterocycles. The second-order valence-corrected chi connectivity index (χ2v) is 6.10. The van der Waals surface area contributed by atoms with Gasteiger partial charge in [0.15, 0.2) is 0 Å². The molecule has 3 heteroatoms. The Balaban J connectivity index is 1.78. The summed E-state index contributed by atoms with van der Waals surface area (Å²) in [5, 5.41) is 0. The summed E-state index contributed by atoms with van der Waals surface area (Å²) in [5.74, 6) is 0.953. The van der Waals surface area contributed by atoms with Crippen molar-refractivity contribution in [2.75, 3.05) is 11.4 Å². The number of hydrogen-bond donors (Lipinski definition) is 1. The van der Waals surface area contributed by atoms with Crippen molar-refractivity contribution in [2.45, 2.75) is 32.7 Å². The van der Waals surface area contributed by atoms with Gasteiger partial charge >= 0.3 is 0 Å². The molecule has 3 rings (SSSR count). The van der Waals surface area contributed by atoms with Crippen molar-refractivity contribution in [2.24, 2.45) is 0 Å². The molecule has 2 aromatic carbocycles. The molecule has 0 amide bonds. The van der Waals surface area contributed by atoms with Gasteiger partial charge in [0.05, 0.1) is 11.9 Å². The van der Waals surface area contributed by atoms with Crippen LogP contribution in [0.5, 0.6) is 0 Å². The molecule has 124 valence electrons. The van der Waals surface area contributed by atoms with Gasteiger partial charge in [-0.15, -0.1) is 0 Å². The minimum atomic E-state index is 0.881. The Bertz CT molecular complexity index is 719. The number of hydrogen-bond acceptors (Lipinski definition) is 2. The fourth-order valence-electron chi connectivity index (χ4n) is 2.85. The van der Waals surface area contributed by atoms with Gasteiger partial charge in [-0.2, -0.15) is 0 Å². The number of H-pyrrole nitrogens is 1. The normalized spacial score (nSPS) is 10.7. The van der Waals surface area contributed by atoms with E-state index in [1.807, 2.05) is 12.3 Å². The molecule has 0 saturated heterocycles. The Morgan fingerprint density at radius 3 is 2.33 bits per heavy atom. The molecule has 0 unspecified atom stereocenters. The minimum absolute atomic E-state index is 0.881. The lowest BCUT2D eigenvalue weighted by Gasteiger charge is -2.22. The summed E-state index contributed by atoms with van der Waals surface area (Å²) in [7, 11) is 0. The van der Waals surface area contributed by atoms with E-state index in [-0.39, 0.29) is 0 Å². The second-order valence-electron chi connectivity index (χ2n) is 6.10. The largest absolute Gasteiger partial charge is 0.338 e. The van der Waals surface area contributed by atoms with Gasteiger partial charge in [0.1, 0.15) is 0 Å². The molecular weight excluding hydrogens is 294 g/mol. The molecule has 3 aromatic rings. The zero-order valence-corrected chi connectivity index (χ0v) is 14.3. The molecule has 1 heterocycles. The number of unbranched alkanes of at least 4 members (excludes halogenated alkanes) is 2. The Morgan fingerprint density at radius 2 is 1.62 bits per heavy atom. The quantitative estimate of drug-likeness (QED) is 0.573. The van der Waals surface area contributed by atoms with Crippen LogP contribution < -0.4 is 4.90 Å². The van der Waals surface area contributed by atoms with Crippen LogP contribution in [0.25, 0.3) is 11.3 Å². The predicted molar refractivity (Wildman–Crippen MR) is 101 cm³/mol. The van der Waals surface area contributed by atoms with Crippen molar-refractivity contribution < 1.29 is 0 Å². The van der Waals surface area contributed by atoms with Crippen LogP contribution >= 0.6 is 0 Å². The fourth-order valence-corrected chi connectivity index (χ4v) is 2.85. The topological polar surface area (TPSA) is 31.9 Å². The molecule has 0 aliphatic carbocycles. The Labute approximate surface area is 144 Å². The van der Waals surface area contributed by atoms with E-state index in [9.17, 15) is 0 Å². The van der Waals surface area contributed by atoms with Crippen molar-refractivity contribution in [3.05, 3.63) is 72.4 Å². The lowest BCUT2D eigenvalue weighted by Crippen LogP contribution is -2.25. The van der Waals surface area contributed by atoms with Gasteiger partial charge in [0, 0.05) is 13.1 Å². The van der Waals surface area contributed by atoms with E-state index in [0.717, 1.165) is 24.7 Å². The molecule has 0 fully saturated rings. The summed E-state index contributed by atoms with van der Waals surface area (Å²) in [5.41, 5.74) is 3.55. The van der Waals surface area contributed by atoms with Crippen LogP contribution in [0.3, 0.4) is 0 Å².